The summed E-state index contributed by atoms with van der Waals surface area (Å²) in [6.07, 6.45) is -0.224. The second-order valence-corrected chi connectivity index (χ2v) is 6.38. The molecule has 0 radical (unpaired) electrons. The van der Waals surface area contributed by atoms with E-state index in [1.54, 1.807) is 6.07 Å². The third kappa shape index (κ3) is 3.28. The molecule has 1 amide bonds. The van der Waals surface area contributed by atoms with E-state index in [-0.39, 0.29) is 12.2 Å². The number of hydrogen-bond donors (Lipinski definition) is 1. The first-order valence-electron chi connectivity index (χ1n) is 8.24. The van der Waals surface area contributed by atoms with Crippen molar-refractivity contribution in [2.45, 2.75) is 25.9 Å². The van der Waals surface area contributed by atoms with Gasteiger partial charge in [0, 0.05) is 12.0 Å². The van der Waals surface area contributed by atoms with Gasteiger partial charge in [-0.3, -0.25) is 9.59 Å². The van der Waals surface area contributed by atoms with Gasteiger partial charge in [-0.1, -0.05) is 35.9 Å². The number of nitrogens with zero attached hydrogens (tertiary/aromatic N) is 1. The minimum atomic E-state index is -1.79. The number of Topliss-reactive ketones (excluding diaryl/α,β-unsaturated/α-hetero) is 1. The van der Waals surface area contributed by atoms with Gasteiger partial charge in [0.25, 0.3) is 5.91 Å². The minimum absolute atomic E-state index is 0.224. The minimum Gasteiger partial charge on any atom is -0.492 e. The van der Waals surface area contributed by atoms with Crippen molar-refractivity contribution < 1.29 is 19.4 Å². The molecular weight excluding hydrogens is 318 g/mol. The molecule has 1 aliphatic rings. The Balaban J connectivity index is 1.83. The zero-order chi connectivity index (χ0) is 18.0. The van der Waals surface area contributed by atoms with Crippen molar-refractivity contribution >= 4 is 17.4 Å². The van der Waals surface area contributed by atoms with Gasteiger partial charge in [0.15, 0.2) is 5.60 Å². The van der Waals surface area contributed by atoms with E-state index in [2.05, 4.69) is 0 Å². The van der Waals surface area contributed by atoms with Crippen LogP contribution in [0, 0.1) is 6.92 Å². The van der Waals surface area contributed by atoms with Crippen LogP contribution in [-0.4, -0.2) is 29.9 Å². The molecule has 1 atom stereocenters. The van der Waals surface area contributed by atoms with Crippen molar-refractivity contribution in [2.24, 2.45) is 0 Å². The van der Waals surface area contributed by atoms with Crippen molar-refractivity contribution in [3.63, 3.8) is 0 Å². The maximum atomic E-state index is 12.8. The molecule has 0 fully saturated rings. The summed E-state index contributed by atoms with van der Waals surface area (Å²) in [4.78, 5) is 25.9. The molecule has 5 heteroatoms. The molecule has 3 rings (SSSR count). The fourth-order valence-electron chi connectivity index (χ4n) is 3.19. The number of rotatable bonds is 6. The molecule has 130 valence electrons. The number of aliphatic hydroxyl groups is 1. The molecule has 2 aromatic rings. The lowest BCUT2D eigenvalue weighted by atomic mass is 9.89. The largest absolute Gasteiger partial charge is 0.492 e. The Hall–Kier alpha value is -2.66. The van der Waals surface area contributed by atoms with Crippen molar-refractivity contribution in [3.05, 3.63) is 59.7 Å². The van der Waals surface area contributed by atoms with Crippen molar-refractivity contribution in [1.82, 2.24) is 0 Å². The first-order chi connectivity index (χ1) is 11.9. The van der Waals surface area contributed by atoms with E-state index in [0.29, 0.717) is 24.4 Å². The Morgan fingerprint density at radius 1 is 1.20 bits per heavy atom. The first kappa shape index (κ1) is 17.2. The fraction of sp³-hybridized carbons (Fsp3) is 0.300. The van der Waals surface area contributed by atoms with E-state index >= 15 is 0 Å². The number of ketones is 1. The first-order valence-corrected chi connectivity index (χ1v) is 8.24. The van der Waals surface area contributed by atoms with Gasteiger partial charge in [0.1, 0.15) is 18.1 Å². The van der Waals surface area contributed by atoms with E-state index in [4.69, 9.17) is 4.74 Å². The third-order valence-electron chi connectivity index (χ3n) is 4.32. The Bertz CT molecular complexity index is 803. The number of carbonyl (C=O) groups excluding carboxylic acids is 2. The number of para-hydroxylation sites is 1. The number of hydrogen-bond acceptors (Lipinski definition) is 4. The predicted octanol–water partition coefficient (Wildman–Crippen LogP) is 2.59. The highest BCUT2D eigenvalue weighted by Crippen LogP contribution is 2.42. The molecule has 1 aliphatic heterocycles. The molecule has 0 aliphatic carbocycles. The zero-order valence-corrected chi connectivity index (χ0v) is 14.4. The van der Waals surface area contributed by atoms with Gasteiger partial charge in [-0.2, -0.15) is 0 Å². The fourth-order valence-corrected chi connectivity index (χ4v) is 3.19. The van der Waals surface area contributed by atoms with E-state index in [0.717, 1.165) is 11.3 Å². The zero-order valence-electron chi connectivity index (χ0n) is 14.4. The van der Waals surface area contributed by atoms with Crippen LogP contribution in [0.2, 0.25) is 0 Å². The summed E-state index contributed by atoms with van der Waals surface area (Å²) in [5, 5.41) is 10.9. The molecule has 25 heavy (non-hydrogen) atoms. The normalized spacial score (nSPS) is 19.0. The molecule has 0 unspecified atom stereocenters. The summed E-state index contributed by atoms with van der Waals surface area (Å²) in [6.45, 7) is 3.85. The highest BCUT2D eigenvalue weighted by atomic mass is 16.5. The van der Waals surface area contributed by atoms with Crippen LogP contribution >= 0.6 is 0 Å². The maximum Gasteiger partial charge on any atom is 0.264 e. The number of anilines is 1. The highest BCUT2D eigenvalue weighted by molar-refractivity contribution is 6.08. The quantitative estimate of drug-likeness (QED) is 0.878. The molecule has 0 saturated carbocycles. The molecule has 1 heterocycles. The molecule has 0 bridgehead atoms. The highest BCUT2D eigenvalue weighted by Gasteiger charge is 2.50. The van der Waals surface area contributed by atoms with Crippen LogP contribution in [0.15, 0.2) is 48.5 Å². The number of benzene rings is 2. The molecular formula is C20H21NO4. The second kappa shape index (κ2) is 6.69. The second-order valence-electron chi connectivity index (χ2n) is 6.38. The van der Waals surface area contributed by atoms with Crippen LogP contribution in [0.1, 0.15) is 24.5 Å². The van der Waals surface area contributed by atoms with E-state index in [1.165, 1.54) is 11.8 Å². The summed E-state index contributed by atoms with van der Waals surface area (Å²) in [6, 6.07) is 14.8. The van der Waals surface area contributed by atoms with Gasteiger partial charge in [0.2, 0.25) is 0 Å². The van der Waals surface area contributed by atoms with Crippen LogP contribution in [-0.2, 0) is 15.2 Å². The Morgan fingerprint density at radius 3 is 2.60 bits per heavy atom. The van der Waals surface area contributed by atoms with Gasteiger partial charge in [-0.05, 0) is 32.0 Å². The summed E-state index contributed by atoms with van der Waals surface area (Å²) in [7, 11) is 0. The number of amides is 1. The smallest absolute Gasteiger partial charge is 0.264 e. The number of fused-ring (bicyclic) bond motifs is 1. The lowest BCUT2D eigenvalue weighted by Crippen LogP contribution is -2.43. The lowest BCUT2D eigenvalue weighted by Gasteiger charge is -2.22. The summed E-state index contributed by atoms with van der Waals surface area (Å²) < 4.78 is 5.66. The standard InChI is InChI=1S/C20H21NO4/c1-14-8-9-18-17(12-14)20(24,13-15(2)22)19(23)21(18)10-11-25-16-6-4-3-5-7-16/h3-9,12,24H,10-11,13H2,1-2H3/t20-/m0/s1. The van der Waals surface area contributed by atoms with Crippen LogP contribution in [0.3, 0.4) is 0 Å². The Kier molecular flexibility index (Phi) is 4.59. The topological polar surface area (TPSA) is 66.8 Å². The van der Waals surface area contributed by atoms with E-state index in [1.807, 2.05) is 49.4 Å². The third-order valence-corrected chi connectivity index (χ3v) is 4.32. The van der Waals surface area contributed by atoms with Crippen LogP contribution < -0.4 is 9.64 Å². The molecule has 0 aromatic heterocycles. The van der Waals surface area contributed by atoms with Crippen LogP contribution in [0.5, 0.6) is 5.75 Å². The lowest BCUT2D eigenvalue weighted by molar-refractivity contribution is -0.141. The van der Waals surface area contributed by atoms with Crippen LogP contribution in [0.4, 0.5) is 5.69 Å². The average Bonchev–Trinajstić information content (AvgIpc) is 2.77. The van der Waals surface area contributed by atoms with Crippen molar-refractivity contribution in [3.8, 4) is 5.75 Å². The monoisotopic (exact) mass is 339 g/mol. The van der Waals surface area contributed by atoms with E-state index in [9.17, 15) is 14.7 Å². The summed E-state index contributed by atoms with van der Waals surface area (Å²) in [5.74, 6) is 0.0166. The van der Waals surface area contributed by atoms with E-state index < -0.39 is 11.5 Å². The van der Waals surface area contributed by atoms with Crippen molar-refractivity contribution in [1.29, 1.82) is 0 Å². The number of carbonyl (C=O) groups is 2. The number of aryl methyl sites for hydroxylation is 1. The van der Waals surface area contributed by atoms with Crippen LogP contribution in [0.25, 0.3) is 0 Å². The van der Waals surface area contributed by atoms with Crippen molar-refractivity contribution in [2.75, 3.05) is 18.1 Å². The molecule has 5 nitrogen and oxygen atoms in total. The SMILES string of the molecule is CC(=O)C[C@@]1(O)C(=O)N(CCOc2ccccc2)c2ccc(C)cc21. The Morgan fingerprint density at radius 2 is 1.92 bits per heavy atom. The number of ether oxygens (including phenoxy) is 1. The van der Waals surface area contributed by atoms with Gasteiger partial charge in [0.05, 0.1) is 12.2 Å². The Labute approximate surface area is 146 Å². The predicted molar refractivity (Wildman–Crippen MR) is 94.7 cm³/mol. The summed E-state index contributed by atoms with van der Waals surface area (Å²) >= 11 is 0. The van der Waals surface area contributed by atoms with Gasteiger partial charge in [-0.25, -0.2) is 0 Å². The average molecular weight is 339 g/mol. The molecule has 0 spiro atoms. The van der Waals surface area contributed by atoms with Gasteiger partial charge < -0.3 is 14.7 Å². The van der Waals surface area contributed by atoms with Gasteiger partial charge in [-0.15, -0.1) is 0 Å². The summed E-state index contributed by atoms with van der Waals surface area (Å²) in [5.41, 5.74) is 0.263. The maximum absolute atomic E-state index is 12.8. The molecule has 0 saturated heterocycles. The van der Waals surface area contributed by atoms with Gasteiger partial charge >= 0.3 is 0 Å². The molecule has 2 aromatic carbocycles. The molecule has 1 N–H and O–H groups in total.